The van der Waals surface area contributed by atoms with Crippen molar-refractivity contribution in [3.63, 3.8) is 0 Å². The Balaban J connectivity index is 0.00000580. The summed E-state index contributed by atoms with van der Waals surface area (Å²) in [4.78, 5) is 27.0. The van der Waals surface area contributed by atoms with E-state index in [4.69, 9.17) is 21.3 Å². The second-order valence-electron chi connectivity index (χ2n) is 15.1. The van der Waals surface area contributed by atoms with Gasteiger partial charge in [-0.05, 0) is 71.8 Å². The van der Waals surface area contributed by atoms with Crippen molar-refractivity contribution in [3.8, 4) is 0 Å². The van der Waals surface area contributed by atoms with Gasteiger partial charge in [0.15, 0.2) is 0 Å². The van der Waals surface area contributed by atoms with Gasteiger partial charge in [-0.3, -0.25) is 0 Å². The number of allylic oxidation sites excluding steroid dienone is 3. The van der Waals surface area contributed by atoms with Crippen LogP contribution in [0.3, 0.4) is 0 Å². The number of hydrogen-bond donors (Lipinski definition) is 2. The summed E-state index contributed by atoms with van der Waals surface area (Å²) in [6.07, 6.45) is 13.3. The van der Waals surface area contributed by atoms with Crippen LogP contribution in [0, 0.1) is 17.9 Å². The molecule has 1 fully saturated rings. The van der Waals surface area contributed by atoms with Gasteiger partial charge >= 0.3 is 17.1 Å². The zero-order valence-electron chi connectivity index (χ0n) is 33.0. The molecular weight excluding hydrogens is 776 g/mol. The number of aliphatic hydroxyl groups is 1. The van der Waals surface area contributed by atoms with E-state index < -0.39 is 30.1 Å². The fourth-order valence-corrected chi connectivity index (χ4v) is 10.1. The Morgan fingerprint density at radius 2 is 1.64 bits per heavy atom. The number of aromatic nitrogens is 2. The van der Waals surface area contributed by atoms with Gasteiger partial charge in [-0.15, -0.1) is 40.7 Å². The molecule has 14 heteroatoms. The summed E-state index contributed by atoms with van der Waals surface area (Å²) < 4.78 is 2.12. The molecule has 5 aliphatic heterocycles. The molecule has 55 heavy (non-hydrogen) atoms. The van der Waals surface area contributed by atoms with Crippen LogP contribution in [0.1, 0.15) is 79.8 Å². The molecule has 1 aromatic rings. The molecule has 6 rings (SSSR count). The topological polar surface area (TPSA) is 177 Å². The van der Waals surface area contributed by atoms with Crippen LogP contribution >= 0.6 is 23.5 Å². The molecule has 5 aliphatic rings. The van der Waals surface area contributed by atoms with E-state index in [9.17, 15) is 24.9 Å². The van der Waals surface area contributed by atoms with Crippen LogP contribution < -0.4 is 14.8 Å². The predicted octanol–water partition coefficient (Wildman–Crippen LogP) is 5.87. The number of carbonyl (C=O) groups is 2. The molecule has 8 bridgehead atoms. The first-order valence-corrected chi connectivity index (χ1v) is 21.5. The molecule has 9 atom stereocenters. The Kier molecular flexibility index (Phi) is 13.9. The van der Waals surface area contributed by atoms with E-state index in [1.807, 2.05) is 44.9 Å². The molecule has 297 valence electrons. The number of aromatic amines is 1. The van der Waals surface area contributed by atoms with Crippen LogP contribution in [0.2, 0.25) is 0 Å². The van der Waals surface area contributed by atoms with Gasteiger partial charge in [0.05, 0.1) is 5.70 Å². The Bertz CT molecular complexity index is 1870. The van der Waals surface area contributed by atoms with Crippen molar-refractivity contribution in [2.24, 2.45) is 11.8 Å². The summed E-state index contributed by atoms with van der Waals surface area (Å²) in [5.41, 5.74) is 9.36. The number of carboxylic acid groups (broad SMARTS) is 2. The second kappa shape index (κ2) is 17.7. The molecule has 0 aromatic carbocycles. The second-order valence-corrected chi connectivity index (χ2v) is 17.5. The van der Waals surface area contributed by atoms with Crippen molar-refractivity contribution in [1.82, 2.24) is 4.98 Å². The molecule has 6 heterocycles. The van der Waals surface area contributed by atoms with E-state index in [2.05, 4.69) is 62.0 Å². The minimum Gasteiger partial charge on any atom is -0.702 e. The number of rotatable bonds is 12. The molecule has 9 unspecified atom stereocenters. The van der Waals surface area contributed by atoms with Gasteiger partial charge < -0.3 is 46.2 Å². The number of nitrogens with one attached hydrogen (secondary N) is 1. The SMILES string of the molecule is CCc1c[n+](/C2=C3/[N-]C(/C=C4\[N-]C(C(C)=C4CCC(=O)[O-])[C-](O)C4[N-]/C(=C\C5[N-]C2C(C(C)SC)C5C)C(C(C)SC)=C4C)C(CCC(=O)[O-])=C3C)c[nH]1.[Fe+5]. The van der Waals surface area contributed by atoms with E-state index >= 15 is 0 Å². The van der Waals surface area contributed by atoms with Crippen LogP contribution in [0.4, 0.5) is 0 Å². The number of hydrogen-bond acceptors (Lipinski definition) is 7. The largest absolute Gasteiger partial charge is 5.00 e. The predicted molar refractivity (Wildman–Crippen MR) is 212 cm³/mol. The first-order valence-electron chi connectivity index (χ1n) is 18.9. The summed E-state index contributed by atoms with van der Waals surface area (Å²) in [6, 6.07) is -2.40. The maximum atomic E-state index is 12.1. The van der Waals surface area contributed by atoms with Crippen molar-refractivity contribution in [3.05, 3.63) is 108 Å². The van der Waals surface area contributed by atoms with Gasteiger partial charge in [-0.25, -0.2) is 27.7 Å². The molecule has 0 saturated carbocycles. The van der Waals surface area contributed by atoms with Crippen LogP contribution in [0.15, 0.2) is 75.2 Å². The molecular formula is C41H52FeN6O5S2-. The Hall–Kier alpha value is -2.87. The first kappa shape index (κ1) is 43.3. The Labute approximate surface area is 345 Å². The number of aliphatic carboxylic acids is 2. The van der Waals surface area contributed by atoms with Gasteiger partial charge in [0, 0.05) is 28.9 Å². The Morgan fingerprint density at radius 3 is 2.25 bits per heavy atom. The number of imidazole rings is 1. The first-order chi connectivity index (χ1) is 25.7. The molecule has 0 spiro atoms. The standard InChI is InChI=1S/C41H53N6O5S2.Fe/c1-10-25-17-47(18-42-25)40-36-19(2)26(11-13-32(48)49)29(44-36)16-30-27(12-14-33(50)51)20(3)37(45-30)41(52)38-22(5)34(23(6)53-8)31(46-38)15-28-21(4)35(24(7)54-9)39(40)43-28;/h15-18,21,23-24,28-29,35,37-39,52H,10-14H2,1-9H3,(H2,48,49,50,51);/q-5;+5/p-1/b30-16-,31-15-,40-36+;. The van der Waals surface area contributed by atoms with E-state index in [1.54, 1.807) is 11.8 Å². The monoisotopic (exact) mass is 828 g/mol. The number of aryl methyl sites for hydroxylation is 1. The molecule has 2 N–H and O–H groups in total. The van der Waals surface area contributed by atoms with E-state index in [0.717, 1.165) is 57.1 Å². The fraction of sp³-hybridized carbons (Fsp3) is 0.561. The van der Waals surface area contributed by atoms with E-state index in [0.29, 0.717) is 11.3 Å². The summed E-state index contributed by atoms with van der Waals surface area (Å²) in [7, 11) is 0. The minimum absolute atomic E-state index is 0. The van der Waals surface area contributed by atoms with E-state index in [1.165, 1.54) is 0 Å². The number of carboxylic acids is 2. The van der Waals surface area contributed by atoms with Gasteiger partial charge in [-0.1, -0.05) is 66.8 Å². The van der Waals surface area contributed by atoms with Crippen molar-refractivity contribution in [2.75, 3.05) is 12.5 Å². The van der Waals surface area contributed by atoms with Gasteiger partial charge in [0.25, 0.3) is 0 Å². The summed E-state index contributed by atoms with van der Waals surface area (Å²) in [5.74, 6) is -2.07. The minimum atomic E-state index is -1.18. The van der Waals surface area contributed by atoms with Gasteiger partial charge in [0.1, 0.15) is 11.9 Å². The maximum Gasteiger partial charge on any atom is 5.00 e. The van der Waals surface area contributed by atoms with Gasteiger partial charge in [0.2, 0.25) is 6.33 Å². The third-order valence-corrected chi connectivity index (χ3v) is 14.1. The summed E-state index contributed by atoms with van der Waals surface area (Å²) >= 11 is 3.55. The third-order valence-electron chi connectivity index (χ3n) is 12.1. The van der Waals surface area contributed by atoms with Crippen molar-refractivity contribution in [1.29, 1.82) is 0 Å². The van der Waals surface area contributed by atoms with E-state index in [-0.39, 0.29) is 83.3 Å². The number of aliphatic hydroxyl groups excluding tert-OH is 1. The summed E-state index contributed by atoms with van der Waals surface area (Å²) in [6.45, 7) is 14.7. The van der Waals surface area contributed by atoms with Gasteiger partial charge in [-0.2, -0.15) is 23.5 Å². The molecule has 1 radical (unpaired) electrons. The average molecular weight is 829 g/mol. The van der Waals surface area contributed by atoms with Crippen molar-refractivity contribution < 1.29 is 46.5 Å². The van der Waals surface area contributed by atoms with Crippen LogP contribution in [0.25, 0.3) is 27.0 Å². The zero-order chi connectivity index (χ0) is 39.2. The third kappa shape index (κ3) is 8.27. The number of nitrogens with zero attached hydrogens (tertiary/aromatic N) is 5. The Morgan fingerprint density at radius 1 is 0.982 bits per heavy atom. The van der Waals surface area contributed by atoms with Crippen LogP contribution in [-0.2, 0) is 33.1 Å². The van der Waals surface area contributed by atoms with Crippen molar-refractivity contribution in [2.45, 2.75) is 121 Å². The molecule has 1 aromatic heterocycles. The number of H-pyrrole nitrogens is 1. The molecule has 0 aliphatic carbocycles. The number of fused-ring (bicyclic) bond motifs is 8. The number of thioether (sulfide) groups is 2. The van der Waals surface area contributed by atoms with Crippen molar-refractivity contribution >= 4 is 41.2 Å². The maximum absolute atomic E-state index is 12.1. The normalized spacial score (nSPS) is 32.3. The molecule has 1 saturated heterocycles. The number of carbonyl (C=O) groups excluding carboxylic acids is 2. The molecule has 11 nitrogen and oxygen atoms in total. The zero-order valence-corrected chi connectivity index (χ0v) is 35.8. The van der Waals surface area contributed by atoms with Crippen LogP contribution in [-0.4, -0.2) is 75.2 Å². The average Bonchev–Trinajstić information content (AvgIpc) is 3.94. The molecule has 0 amide bonds. The summed E-state index contributed by atoms with van der Waals surface area (Å²) in [5, 5.41) is 57.4. The fourth-order valence-electron chi connectivity index (χ4n) is 8.87. The quantitative estimate of drug-likeness (QED) is 0.150. The smallest absolute Gasteiger partial charge is 0.702 e. The van der Waals surface area contributed by atoms with Crippen LogP contribution in [0.5, 0.6) is 0 Å².